The van der Waals surface area contributed by atoms with Gasteiger partial charge in [0.15, 0.2) is 0 Å². The first-order chi connectivity index (χ1) is 3.89. The molecule has 1 atom stereocenters. The van der Waals surface area contributed by atoms with E-state index in [0.717, 1.165) is 0 Å². The zero-order valence-corrected chi connectivity index (χ0v) is 6.67. The minimum Gasteiger partial charge on any atom is -0.332 e. The Bertz CT molecular complexity index is 122. The highest BCUT2D eigenvalue weighted by Crippen LogP contribution is 2.47. The molecule has 0 aliphatic carbocycles. The Morgan fingerprint density at radius 2 is 1.89 bits per heavy atom. The van der Waals surface area contributed by atoms with E-state index in [-0.39, 0.29) is 0 Å². The van der Waals surface area contributed by atoms with Crippen molar-refractivity contribution < 1.29 is 14.7 Å². The van der Waals surface area contributed by atoms with Crippen LogP contribution in [0.5, 0.6) is 0 Å². The van der Waals surface area contributed by atoms with Crippen LogP contribution < -0.4 is 0 Å². The number of nitrogens with zero attached hydrogens (tertiary/aromatic N) is 1. The standard InChI is InChI=1S/C4H12NO3P/c1-4(2)9(7,8)5(3)6/h4,6H,1-3H3,(H,7,8). The number of hydrogen-bond acceptors (Lipinski definition) is 2. The Kier molecular flexibility index (Phi) is 2.83. The van der Waals surface area contributed by atoms with Crippen LogP contribution >= 0.6 is 7.52 Å². The van der Waals surface area contributed by atoms with Gasteiger partial charge >= 0.3 is 0 Å². The molecule has 0 spiro atoms. The monoisotopic (exact) mass is 153 g/mol. The minimum absolute atomic E-state index is 0.373. The van der Waals surface area contributed by atoms with Gasteiger partial charge in [-0.1, -0.05) is 13.8 Å². The molecule has 0 aliphatic heterocycles. The highest BCUT2D eigenvalue weighted by atomic mass is 31.2. The van der Waals surface area contributed by atoms with Crippen molar-refractivity contribution in [3.8, 4) is 0 Å². The molecule has 0 bridgehead atoms. The largest absolute Gasteiger partial charge is 0.332 e. The van der Waals surface area contributed by atoms with Crippen molar-refractivity contribution in [2.75, 3.05) is 7.05 Å². The smallest absolute Gasteiger partial charge is 0.294 e. The molecule has 2 N–H and O–H groups in total. The summed E-state index contributed by atoms with van der Waals surface area (Å²) in [6, 6.07) is 0. The van der Waals surface area contributed by atoms with Crippen LogP contribution in [-0.4, -0.2) is 27.6 Å². The lowest BCUT2D eigenvalue weighted by molar-refractivity contribution is 0.0137. The van der Waals surface area contributed by atoms with Crippen molar-refractivity contribution in [1.82, 2.24) is 4.83 Å². The summed E-state index contributed by atoms with van der Waals surface area (Å²) >= 11 is 0. The second kappa shape index (κ2) is 2.80. The van der Waals surface area contributed by atoms with Gasteiger partial charge in [-0.2, -0.15) is 0 Å². The SMILES string of the molecule is CC(C)P(=O)(O)N(C)O. The summed E-state index contributed by atoms with van der Waals surface area (Å²) in [6.45, 7) is 3.15. The first-order valence-corrected chi connectivity index (χ1v) is 4.32. The Hall–Kier alpha value is 0.110. The topological polar surface area (TPSA) is 60.8 Å². The van der Waals surface area contributed by atoms with Crippen molar-refractivity contribution in [3.63, 3.8) is 0 Å². The van der Waals surface area contributed by atoms with Crippen molar-refractivity contribution >= 4 is 7.52 Å². The van der Waals surface area contributed by atoms with Crippen molar-refractivity contribution in [3.05, 3.63) is 0 Å². The lowest BCUT2D eigenvalue weighted by atomic mass is 10.6. The molecule has 0 aliphatic rings. The average molecular weight is 153 g/mol. The Labute approximate surface area is 54.6 Å². The third-order valence-corrected chi connectivity index (χ3v) is 3.26. The summed E-state index contributed by atoms with van der Waals surface area (Å²) in [5.41, 5.74) is -0.424. The van der Waals surface area contributed by atoms with Gasteiger partial charge in [0.05, 0.1) is 0 Å². The van der Waals surface area contributed by atoms with E-state index in [0.29, 0.717) is 4.83 Å². The molecule has 56 valence electrons. The van der Waals surface area contributed by atoms with Crippen LogP contribution in [0, 0.1) is 0 Å². The van der Waals surface area contributed by atoms with Crippen LogP contribution in [-0.2, 0) is 4.57 Å². The van der Waals surface area contributed by atoms with E-state index < -0.39 is 13.2 Å². The van der Waals surface area contributed by atoms with E-state index in [1.54, 1.807) is 13.8 Å². The molecule has 4 nitrogen and oxygen atoms in total. The van der Waals surface area contributed by atoms with Gasteiger partial charge in [0.2, 0.25) is 0 Å². The van der Waals surface area contributed by atoms with Gasteiger partial charge in [0, 0.05) is 12.7 Å². The fourth-order valence-electron chi connectivity index (χ4n) is 0.334. The molecule has 0 saturated carbocycles. The molecular weight excluding hydrogens is 141 g/mol. The molecule has 0 amide bonds. The molecular formula is C4H12NO3P. The second-order valence-electron chi connectivity index (χ2n) is 2.17. The van der Waals surface area contributed by atoms with Gasteiger partial charge < -0.3 is 10.1 Å². The summed E-state index contributed by atoms with van der Waals surface area (Å²) in [6.07, 6.45) is 0. The van der Waals surface area contributed by atoms with Crippen molar-refractivity contribution in [2.45, 2.75) is 19.5 Å². The predicted molar refractivity (Wildman–Crippen MR) is 34.5 cm³/mol. The lowest BCUT2D eigenvalue weighted by Crippen LogP contribution is -2.15. The highest BCUT2D eigenvalue weighted by molar-refractivity contribution is 7.55. The van der Waals surface area contributed by atoms with Crippen LogP contribution in [0.4, 0.5) is 0 Å². The normalized spacial score (nSPS) is 18.6. The molecule has 0 aromatic carbocycles. The quantitative estimate of drug-likeness (QED) is 0.457. The van der Waals surface area contributed by atoms with Crippen LogP contribution in [0.1, 0.15) is 13.8 Å². The molecule has 5 heteroatoms. The fraction of sp³-hybridized carbons (Fsp3) is 1.00. The van der Waals surface area contributed by atoms with Gasteiger partial charge in [0.1, 0.15) is 0 Å². The maximum Gasteiger partial charge on any atom is 0.294 e. The summed E-state index contributed by atoms with van der Waals surface area (Å²) in [5, 5.41) is 8.57. The molecule has 0 aromatic heterocycles. The maximum atomic E-state index is 10.8. The minimum atomic E-state index is -3.45. The van der Waals surface area contributed by atoms with Gasteiger partial charge in [-0.25, -0.2) is 0 Å². The van der Waals surface area contributed by atoms with Crippen LogP contribution in [0.2, 0.25) is 0 Å². The molecule has 1 unspecified atom stereocenters. The summed E-state index contributed by atoms with van der Waals surface area (Å²) < 4.78 is 10.8. The maximum absolute atomic E-state index is 10.8. The van der Waals surface area contributed by atoms with E-state index in [4.69, 9.17) is 10.1 Å². The molecule has 0 rings (SSSR count). The van der Waals surface area contributed by atoms with Crippen molar-refractivity contribution in [1.29, 1.82) is 0 Å². The Morgan fingerprint density at radius 3 is 1.89 bits per heavy atom. The zero-order valence-electron chi connectivity index (χ0n) is 5.77. The van der Waals surface area contributed by atoms with E-state index in [9.17, 15) is 4.57 Å². The number of hydroxylamine groups is 1. The summed E-state index contributed by atoms with van der Waals surface area (Å²) in [7, 11) is -2.28. The zero-order chi connectivity index (χ0) is 7.65. The average Bonchev–Trinajstić information content (AvgIpc) is 1.65. The van der Waals surface area contributed by atoms with Gasteiger partial charge in [-0.05, 0) is 0 Å². The second-order valence-corrected chi connectivity index (χ2v) is 4.96. The van der Waals surface area contributed by atoms with Crippen LogP contribution in [0.3, 0.4) is 0 Å². The van der Waals surface area contributed by atoms with E-state index in [1.807, 2.05) is 0 Å². The third-order valence-electron chi connectivity index (χ3n) is 1.09. The summed E-state index contributed by atoms with van der Waals surface area (Å²) in [4.78, 5) is 9.27. The van der Waals surface area contributed by atoms with Crippen molar-refractivity contribution in [2.24, 2.45) is 0 Å². The van der Waals surface area contributed by atoms with E-state index >= 15 is 0 Å². The molecule has 0 aromatic rings. The molecule has 9 heavy (non-hydrogen) atoms. The van der Waals surface area contributed by atoms with Crippen LogP contribution in [0.15, 0.2) is 0 Å². The van der Waals surface area contributed by atoms with Gasteiger partial charge in [-0.15, -0.1) is 4.83 Å². The van der Waals surface area contributed by atoms with Crippen LogP contribution in [0.25, 0.3) is 0 Å². The molecule has 0 saturated heterocycles. The van der Waals surface area contributed by atoms with E-state index in [1.165, 1.54) is 7.05 Å². The Morgan fingerprint density at radius 1 is 1.56 bits per heavy atom. The fourth-order valence-corrected chi connectivity index (χ4v) is 1.00. The molecule has 0 radical (unpaired) electrons. The van der Waals surface area contributed by atoms with E-state index in [2.05, 4.69) is 0 Å². The Balaban J connectivity index is 4.21. The number of hydrogen-bond donors (Lipinski definition) is 2. The first kappa shape index (κ1) is 9.11. The van der Waals surface area contributed by atoms with Gasteiger partial charge in [-0.3, -0.25) is 4.57 Å². The third kappa shape index (κ3) is 2.06. The van der Waals surface area contributed by atoms with Gasteiger partial charge in [0.25, 0.3) is 7.52 Å². The predicted octanol–water partition coefficient (Wildman–Crippen LogP) is 0.901. The summed E-state index contributed by atoms with van der Waals surface area (Å²) in [5.74, 6) is 0. The highest BCUT2D eigenvalue weighted by Gasteiger charge is 2.27. The molecule has 0 fully saturated rings. The first-order valence-electron chi connectivity index (χ1n) is 2.64. The number of rotatable bonds is 2. The molecule has 0 heterocycles. The lowest BCUT2D eigenvalue weighted by Gasteiger charge is -2.19.